The van der Waals surface area contributed by atoms with Crippen molar-refractivity contribution in [1.82, 2.24) is 9.78 Å². The lowest BCUT2D eigenvalue weighted by Gasteiger charge is -2.30. The largest absolute Gasteiger partial charge is 0.485 e. The van der Waals surface area contributed by atoms with Crippen LogP contribution in [0.2, 0.25) is 5.02 Å². The molecule has 1 unspecified atom stereocenters. The summed E-state index contributed by atoms with van der Waals surface area (Å²) < 4.78 is 7.85. The number of aromatic nitrogens is 2. The van der Waals surface area contributed by atoms with Gasteiger partial charge in [0.2, 0.25) is 0 Å². The van der Waals surface area contributed by atoms with Crippen molar-refractivity contribution in [3.63, 3.8) is 0 Å². The van der Waals surface area contributed by atoms with Crippen LogP contribution in [-0.4, -0.2) is 9.78 Å². The van der Waals surface area contributed by atoms with Gasteiger partial charge in [0.25, 0.3) is 0 Å². The van der Waals surface area contributed by atoms with Gasteiger partial charge in [-0.1, -0.05) is 11.6 Å². The number of hydrogen-bond acceptors (Lipinski definition) is 3. The van der Waals surface area contributed by atoms with Crippen LogP contribution in [0.15, 0.2) is 24.4 Å². The van der Waals surface area contributed by atoms with Crippen molar-refractivity contribution in [2.75, 3.05) is 0 Å². The van der Waals surface area contributed by atoms with E-state index in [9.17, 15) is 0 Å². The number of fused-ring (bicyclic) bond motifs is 1. The van der Waals surface area contributed by atoms with Gasteiger partial charge in [0.15, 0.2) is 0 Å². The van der Waals surface area contributed by atoms with Crippen molar-refractivity contribution in [3.05, 3.63) is 46.2 Å². The molecule has 2 aromatic rings. The highest BCUT2D eigenvalue weighted by Crippen LogP contribution is 2.41. The van der Waals surface area contributed by atoms with Gasteiger partial charge in [0.05, 0.1) is 5.69 Å². The van der Waals surface area contributed by atoms with E-state index in [1.54, 1.807) is 4.68 Å². The van der Waals surface area contributed by atoms with E-state index < -0.39 is 0 Å². The second kappa shape index (κ2) is 4.54. The standard InChI is InChI=1S/C14H16ClN3O/c1-8-11(7-18(2)17-8)14-6-12(16)10-5-9(15)3-4-13(10)19-14/h3-5,7,12,14H,6,16H2,1-2H3/t12-,14?/m0/s1. The van der Waals surface area contributed by atoms with Crippen LogP contribution in [0.4, 0.5) is 0 Å². The maximum Gasteiger partial charge on any atom is 0.129 e. The Morgan fingerprint density at radius 1 is 1.42 bits per heavy atom. The molecule has 0 saturated heterocycles. The molecular weight excluding hydrogens is 262 g/mol. The highest BCUT2D eigenvalue weighted by molar-refractivity contribution is 6.30. The molecule has 100 valence electrons. The number of nitrogens with two attached hydrogens (primary N) is 1. The van der Waals surface area contributed by atoms with E-state index in [-0.39, 0.29) is 12.1 Å². The first-order valence-electron chi connectivity index (χ1n) is 6.26. The minimum atomic E-state index is -0.0629. The molecular formula is C14H16ClN3O. The highest BCUT2D eigenvalue weighted by atomic mass is 35.5. The monoisotopic (exact) mass is 277 g/mol. The van der Waals surface area contributed by atoms with E-state index in [4.69, 9.17) is 22.1 Å². The average Bonchev–Trinajstić information content (AvgIpc) is 2.69. The number of hydrogen-bond donors (Lipinski definition) is 1. The fourth-order valence-corrected chi connectivity index (χ4v) is 2.78. The number of rotatable bonds is 1. The second-order valence-corrected chi connectivity index (χ2v) is 5.41. The maximum atomic E-state index is 6.23. The molecule has 2 atom stereocenters. The molecule has 19 heavy (non-hydrogen) atoms. The third-order valence-corrected chi connectivity index (χ3v) is 3.74. The third kappa shape index (κ3) is 2.22. The van der Waals surface area contributed by atoms with E-state index in [1.807, 2.05) is 38.4 Å². The number of nitrogens with zero attached hydrogens (tertiary/aromatic N) is 2. The Labute approximate surface area is 117 Å². The summed E-state index contributed by atoms with van der Waals surface area (Å²) in [6, 6.07) is 5.53. The summed E-state index contributed by atoms with van der Waals surface area (Å²) in [6.45, 7) is 1.99. The molecule has 2 heterocycles. The van der Waals surface area contributed by atoms with Crippen LogP contribution in [0.3, 0.4) is 0 Å². The summed E-state index contributed by atoms with van der Waals surface area (Å²) >= 11 is 6.00. The Hall–Kier alpha value is -1.52. The molecule has 0 fully saturated rings. The summed E-state index contributed by atoms with van der Waals surface area (Å²) in [5, 5.41) is 5.04. The third-order valence-electron chi connectivity index (χ3n) is 3.51. The minimum absolute atomic E-state index is 0.0441. The molecule has 2 N–H and O–H groups in total. The molecule has 0 radical (unpaired) electrons. The van der Waals surface area contributed by atoms with Crippen molar-refractivity contribution in [2.45, 2.75) is 25.5 Å². The summed E-state index contributed by atoms with van der Waals surface area (Å²) in [5.74, 6) is 0.816. The van der Waals surface area contributed by atoms with Crippen LogP contribution in [0.25, 0.3) is 0 Å². The van der Waals surface area contributed by atoms with Crippen molar-refractivity contribution >= 4 is 11.6 Å². The fourth-order valence-electron chi connectivity index (χ4n) is 2.60. The molecule has 0 spiro atoms. The first-order chi connectivity index (χ1) is 9.04. The Bertz CT molecular complexity index is 623. The van der Waals surface area contributed by atoms with Gasteiger partial charge in [0.1, 0.15) is 11.9 Å². The number of ether oxygens (including phenoxy) is 1. The van der Waals surface area contributed by atoms with Gasteiger partial charge in [-0.25, -0.2) is 0 Å². The topological polar surface area (TPSA) is 53.1 Å². The van der Waals surface area contributed by atoms with Crippen LogP contribution in [0, 0.1) is 6.92 Å². The van der Waals surface area contributed by atoms with Gasteiger partial charge in [-0.3, -0.25) is 4.68 Å². The molecule has 5 heteroatoms. The summed E-state index contributed by atoms with van der Waals surface area (Å²) in [4.78, 5) is 0. The van der Waals surface area contributed by atoms with E-state index in [2.05, 4.69) is 5.10 Å². The number of halogens is 1. The molecule has 0 amide bonds. The zero-order chi connectivity index (χ0) is 13.6. The maximum absolute atomic E-state index is 6.23. The van der Waals surface area contributed by atoms with Gasteiger partial charge in [-0.2, -0.15) is 5.10 Å². The molecule has 1 aliphatic heterocycles. The molecule has 1 aliphatic rings. The normalized spacial score (nSPS) is 21.9. The van der Waals surface area contributed by atoms with Crippen LogP contribution in [0.1, 0.15) is 35.4 Å². The molecule has 0 saturated carbocycles. The lowest BCUT2D eigenvalue weighted by atomic mass is 9.94. The summed E-state index contributed by atoms with van der Waals surface area (Å²) in [7, 11) is 1.91. The van der Waals surface area contributed by atoms with Crippen LogP contribution >= 0.6 is 11.6 Å². The van der Waals surface area contributed by atoms with E-state index in [0.717, 1.165) is 29.0 Å². The fraction of sp³-hybridized carbons (Fsp3) is 0.357. The zero-order valence-corrected chi connectivity index (χ0v) is 11.7. The molecule has 3 rings (SSSR count). The molecule has 1 aromatic heterocycles. The van der Waals surface area contributed by atoms with Crippen molar-refractivity contribution in [1.29, 1.82) is 0 Å². The Morgan fingerprint density at radius 3 is 2.89 bits per heavy atom. The molecule has 0 bridgehead atoms. The lowest BCUT2D eigenvalue weighted by Crippen LogP contribution is -2.24. The minimum Gasteiger partial charge on any atom is -0.485 e. The average molecular weight is 278 g/mol. The second-order valence-electron chi connectivity index (χ2n) is 4.97. The van der Waals surface area contributed by atoms with Gasteiger partial charge in [-0.05, 0) is 25.1 Å². The Kier molecular flexibility index (Phi) is 2.99. The quantitative estimate of drug-likeness (QED) is 0.872. The SMILES string of the molecule is Cc1nn(C)cc1C1C[C@H](N)c2cc(Cl)ccc2O1. The smallest absolute Gasteiger partial charge is 0.129 e. The van der Waals surface area contributed by atoms with Gasteiger partial charge in [0, 0.05) is 41.9 Å². The van der Waals surface area contributed by atoms with Crippen LogP contribution in [0.5, 0.6) is 5.75 Å². The van der Waals surface area contributed by atoms with Crippen LogP contribution in [-0.2, 0) is 7.05 Å². The molecule has 1 aromatic carbocycles. The molecule has 4 nitrogen and oxygen atoms in total. The number of benzene rings is 1. The number of aryl methyl sites for hydroxylation is 2. The molecule has 0 aliphatic carbocycles. The van der Waals surface area contributed by atoms with E-state index in [0.29, 0.717) is 5.02 Å². The first-order valence-corrected chi connectivity index (χ1v) is 6.64. The van der Waals surface area contributed by atoms with E-state index >= 15 is 0 Å². The predicted octanol–water partition coefficient (Wildman–Crippen LogP) is 2.91. The van der Waals surface area contributed by atoms with Gasteiger partial charge >= 0.3 is 0 Å². The first kappa shape index (κ1) is 12.5. The Balaban J connectivity index is 1.97. The zero-order valence-electron chi connectivity index (χ0n) is 10.9. The van der Waals surface area contributed by atoms with Crippen molar-refractivity contribution in [2.24, 2.45) is 12.8 Å². The van der Waals surface area contributed by atoms with Crippen molar-refractivity contribution < 1.29 is 4.74 Å². The van der Waals surface area contributed by atoms with Gasteiger partial charge < -0.3 is 10.5 Å². The van der Waals surface area contributed by atoms with Crippen LogP contribution < -0.4 is 10.5 Å². The Morgan fingerprint density at radius 2 is 2.21 bits per heavy atom. The summed E-state index contributed by atoms with van der Waals surface area (Å²) in [6.07, 6.45) is 2.69. The predicted molar refractivity (Wildman–Crippen MR) is 74.3 cm³/mol. The van der Waals surface area contributed by atoms with Gasteiger partial charge in [-0.15, -0.1) is 0 Å². The lowest BCUT2D eigenvalue weighted by molar-refractivity contribution is 0.161. The van der Waals surface area contributed by atoms with Crippen molar-refractivity contribution in [3.8, 4) is 5.75 Å². The van der Waals surface area contributed by atoms with E-state index in [1.165, 1.54) is 0 Å². The highest BCUT2D eigenvalue weighted by Gasteiger charge is 2.29. The summed E-state index contributed by atoms with van der Waals surface area (Å²) in [5.41, 5.74) is 9.29.